The highest BCUT2D eigenvalue weighted by Crippen LogP contribution is 2.27. The highest BCUT2D eigenvalue weighted by atomic mass is 79.9. The first-order valence-corrected chi connectivity index (χ1v) is 7.96. The Morgan fingerprint density at radius 2 is 1.71 bits per heavy atom. The number of benzene rings is 1. The summed E-state index contributed by atoms with van der Waals surface area (Å²) in [7, 11) is 1.66. The molecule has 0 aliphatic carbocycles. The standard InChI is InChI=1S/C17H20BrNO2/c1-11-5-14(9-18)6-12(2)17(11)21-10-15-8-16(20-4)7-13(3)19-15/h5-8H,9-10H2,1-4H3. The first-order chi connectivity index (χ1) is 10.0. The molecule has 0 unspecified atom stereocenters. The van der Waals surface area contributed by atoms with Gasteiger partial charge in [-0.3, -0.25) is 4.98 Å². The molecular weight excluding hydrogens is 330 g/mol. The van der Waals surface area contributed by atoms with Crippen molar-refractivity contribution >= 4 is 15.9 Å². The minimum Gasteiger partial charge on any atom is -0.497 e. The van der Waals surface area contributed by atoms with Crippen LogP contribution in [0.3, 0.4) is 0 Å². The van der Waals surface area contributed by atoms with E-state index in [-0.39, 0.29) is 0 Å². The Kier molecular flexibility index (Phi) is 5.23. The number of rotatable bonds is 5. The van der Waals surface area contributed by atoms with Gasteiger partial charge in [0.1, 0.15) is 18.1 Å². The lowest BCUT2D eigenvalue weighted by molar-refractivity contribution is 0.295. The maximum atomic E-state index is 5.97. The Labute approximate surface area is 134 Å². The lowest BCUT2D eigenvalue weighted by atomic mass is 10.1. The van der Waals surface area contributed by atoms with Gasteiger partial charge in [0.25, 0.3) is 0 Å². The highest BCUT2D eigenvalue weighted by Gasteiger charge is 2.08. The molecule has 2 aromatic rings. The summed E-state index contributed by atoms with van der Waals surface area (Å²) in [5.41, 5.74) is 5.34. The van der Waals surface area contributed by atoms with Crippen LogP contribution in [0.5, 0.6) is 11.5 Å². The van der Waals surface area contributed by atoms with E-state index >= 15 is 0 Å². The van der Waals surface area contributed by atoms with Crippen molar-refractivity contribution in [1.82, 2.24) is 4.98 Å². The van der Waals surface area contributed by atoms with E-state index in [4.69, 9.17) is 9.47 Å². The monoisotopic (exact) mass is 349 g/mol. The summed E-state index contributed by atoms with van der Waals surface area (Å²) < 4.78 is 11.2. The van der Waals surface area contributed by atoms with Crippen molar-refractivity contribution in [2.75, 3.05) is 7.11 Å². The highest BCUT2D eigenvalue weighted by molar-refractivity contribution is 9.08. The number of methoxy groups -OCH3 is 1. The van der Waals surface area contributed by atoms with E-state index < -0.39 is 0 Å². The molecule has 1 aromatic heterocycles. The van der Waals surface area contributed by atoms with Crippen LogP contribution in [0.2, 0.25) is 0 Å². The van der Waals surface area contributed by atoms with Gasteiger partial charge in [0, 0.05) is 23.2 Å². The summed E-state index contributed by atoms with van der Waals surface area (Å²) >= 11 is 3.49. The smallest absolute Gasteiger partial charge is 0.130 e. The number of aromatic nitrogens is 1. The topological polar surface area (TPSA) is 31.4 Å². The zero-order chi connectivity index (χ0) is 15.4. The number of ether oxygens (including phenoxy) is 2. The molecule has 0 amide bonds. The molecule has 0 bridgehead atoms. The Bertz CT molecular complexity index is 618. The van der Waals surface area contributed by atoms with Gasteiger partial charge in [0.15, 0.2) is 0 Å². The molecule has 1 aromatic carbocycles. The lowest BCUT2D eigenvalue weighted by Gasteiger charge is -2.14. The third-order valence-electron chi connectivity index (χ3n) is 3.25. The fraction of sp³-hybridized carbons (Fsp3) is 0.353. The number of hydrogen-bond donors (Lipinski definition) is 0. The van der Waals surface area contributed by atoms with E-state index in [0.717, 1.165) is 39.3 Å². The zero-order valence-electron chi connectivity index (χ0n) is 12.9. The van der Waals surface area contributed by atoms with Crippen molar-refractivity contribution in [3.8, 4) is 11.5 Å². The van der Waals surface area contributed by atoms with E-state index in [2.05, 4.69) is 46.9 Å². The number of pyridine rings is 1. The van der Waals surface area contributed by atoms with Crippen LogP contribution in [0.25, 0.3) is 0 Å². The Balaban J connectivity index is 2.18. The van der Waals surface area contributed by atoms with Crippen molar-refractivity contribution < 1.29 is 9.47 Å². The van der Waals surface area contributed by atoms with Crippen LogP contribution < -0.4 is 9.47 Å². The number of nitrogens with zero attached hydrogens (tertiary/aromatic N) is 1. The summed E-state index contributed by atoms with van der Waals surface area (Å²) in [5.74, 6) is 1.74. The van der Waals surface area contributed by atoms with Crippen molar-refractivity contribution in [3.05, 3.63) is 52.3 Å². The quantitative estimate of drug-likeness (QED) is 0.745. The minimum absolute atomic E-state index is 0.438. The van der Waals surface area contributed by atoms with Gasteiger partial charge in [-0.15, -0.1) is 0 Å². The van der Waals surface area contributed by atoms with Crippen LogP contribution in [-0.2, 0) is 11.9 Å². The summed E-state index contributed by atoms with van der Waals surface area (Å²) in [6, 6.07) is 8.10. The number of aryl methyl sites for hydroxylation is 3. The Morgan fingerprint density at radius 1 is 1.05 bits per heavy atom. The maximum absolute atomic E-state index is 5.97. The molecule has 0 radical (unpaired) electrons. The number of hydrogen-bond acceptors (Lipinski definition) is 3. The van der Waals surface area contributed by atoms with Crippen molar-refractivity contribution in [2.24, 2.45) is 0 Å². The third kappa shape index (κ3) is 3.97. The second kappa shape index (κ2) is 6.94. The molecule has 21 heavy (non-hydrogen) atoms. The predicted octanol–water partition coefficient (Wildman–Crippen LogP) is 4.49. The van der Waals surface area contributed by atoms with Crippen molar-refractivity contribution in [3.63, 3.8) is 0 Å². The molecule has 2 rings (SSSR count). The molecule has 4 heteroatoms. The van der Waals surface area contributed by atoms with Gasteiger partial charge in [-0.05, 0) is 37.5 Å². The summed E-state index contributed by atoms with van der Waals surface area (Å²) in [5, 5.41) is 0.853. The molecule has 0 spiro atoms. The maximum Gasteiger partial charge on any atom is 0.130 e. The van der Waals surface area contributed by atoms with Gasteiger partial charge in [0.2, 0.25) is 0 Å². The molecule has 0 aliphatic heterocycles. The molecular formula is C17H20BrNO2. The van der Waals surface area contributed by atoms with E-state index in [1.807, 2.05) is 19.1 Å². The average molecular weight is 350 g/mol. The van der Waals surface area contributed by atoms with Gasteiger partial charge < -0.3 is 9.47 Å². The first-order valence-electron chi connectivity index (χ1n) is 6.84. The summed E-state index contributed by atoms with van der Waals surface area (Å²) in [4.78, 5) is 4.48. The Morgan fingerprint density at radius 3 is 2.29 bits per heavy atom. The molecule has 0 fully saturated rings. The van der Waals surface area contributed by atoms with Crippen LogP contribution in [-0.4, -0.2) is 12.1 Å². The van der Waals surface area contributed by atoms with Gasteiger partial charge in [-0.1, -0.05) is 28.1 Å². The lowest BCUT2D eigenvalue weighted by Crippen LogP contribution is -2.03. The van der Waals surface area contributed by atoms with Crippen LogP contribution in [0.15, 0.2) is 24.3 Å². The summed E-state index contributed by atoms with van der Waals surface area (Å²) in [6.45, 7) is 6.53. The van der Waals surface area contributed by atoms with Crippen molar-refractivity contribution in [2.45, 2.75) is 32.7 Å². The molecule has 0 atom stereocenters. The minimum atomic E-state index is 0.438. The van der Waals surface area contributed by atoms with Gasteiger partial charge in [-0.25, -0.2) is 0 Å². The Hall–Kier alpha value is -1.55. The molecule has 3 nitrogen and oxygen atoms in total. The van der Waals surface area contributed by atoms with Crippen LogP contribution in [0.4, 0.5) is 0 Å². The van der Waals surface area contributed by atoms with E-state index in [9.17, 15) is 0 Å². The second-order valence-corrected chi connectivity index (χ2v) is 5.68. The average Bonchev–Trinajstić information content (AvgIpc) is 2.45. The number of alkyl halides is 1. The summed E-state index contributed by atoms with van der Waals surface area (Å²) in [6.07, 6.45) is 0. The second-order valence-electron chi connectivity index (χ2n) is 5.12. The van der Waals surface area contributed by atoms with E-state index in [1.54, 1.807) is 7.11 Å². The predicted molar refractivity (Wildman–Crippen MR) is 88.4 cm³/mol. The van der Waals surface area contributed by atoms with Crippen molar-refractivity contribution in [1.29, 1.82) is 0 Å². The van der Waals surface area contributed by atoms with Gasteiger partial charge in [-0.2, -0.15) is 0 Å². The molecule has 0 N–H and O–H groups in total. The van der Waals surface area contributed by atoms with Gasteiger partial charge in [0.05, 0.1) is 12.8 Å². The molecule has 0 aliphatic rings. The van der Waals surface area contributed by atoms with Crippen LogP contribution >= 0.6 is 15.9 Å². The van der Waals surface area contributed by atoms with Crippen LogP contribution in [0.1, 0.15) is 28.1 Å². The number of halogens is 1. The fourth-order valence-corrected chi connectivity index (χ4v) is 2.71. The van der Waals surface area contributed by atoms with Gasteiger partial charge >= 0.3 is 0 Å². The SMILES string of the molecule is COc1cc(C)nc(COc2c(C)cc(CBr)cc2C)c1. The van der Waals surface area contributed by atoms with E-state index in [1.165, 1.54) is 5.56 Å². The first kappa shape index (κ1) is 15.8. The normalized spacial score (nSPS) is 10.5. The molecule has 112 valence electrons. The molecule has 0 saturated carbocycles. The third-order valence-corrected chi connectivity index (χ3v) is 3.90. The zero-order valence-corrected chi connectivity index (χ0v) is 14.5. The largest absolute Gasteiger partial charge is 0.497 e. The molecule has 0 saturated heterocycles. The molecule has 1 heterocycles. The van der Waals surface area contributed by atoms with Crippen LogP contribution in [0, 0.1) is 20.8 Å². The van der Waals surface area contributed by atoms with E-state index in [0.29, 0.717) is 6.61 Å². The fourth-order valence-electron chi connectivity index (χ4n) is 2.39.